The normalized spacial score (nSPS) is 11.2. The molecule has 1 aromatic heterocycles. The predicted molar refractivity (Wildman–Crippen MR) is 117 cm³/mol. The number of nitrogens with one attached hydrogen (secondary N) is 1. The van der Waals surface area contributed by atoms with Crippen LogP contribution in [0.2, 0.25) is 10.0 Å². The molecule has 0 aliphatic rings. The van der Waals surface area contributed by atoms with Gasteiger partial charge in [0, 0.05) is 29.3 Å². The molecule has 0 bridgehead atoms. The van der Waals surface area contributed by atoms with Crippen LogP contribution in [0.1, 0.15) is 27.6 Å². The van der Waals surface area contributed by atoms with E-state index in [2.05, 4.69) is 10.3 Å². The molecule has 0 radical (unpaired) electrons. The summed E-state index contributed by atoms with van der Waals surface area (Å²) < 4.78 is 23.2. The Hall–Kier alpha value is -2.74. The molecule has 0 saturated heterocycles. The Labute approximate surface area is 183 Å². The fraction of sp³-hybridized carbons (Fsp3) is 0.0952. The summed E-state index contributed by atoms with van der Waals surface area (Å²) in [5.41, 5.74) is 2.16. The SMILES string of the molecule is CC(=O)c1ccc(-c2cc(NC(=O)c3ccc(S(C)(=O)=O)cc3Cl)ccc2Cl)nc1. The Balaban J connectivity index is 1.88. The number of benzene rings is 2. The standard InChI is InChI=1S/C21H16Cl2N2O4S/c1-12(26)13-3-8-20(24-11-13)17-9-14(4-7-18(17)22)25-21(27)16-6-5-15(10-19(16)23)30(2,28)29/h3-11H,1-2H3,(H,25,27). The van der Waals surface area contributed by atoms with Crippen molar-refractivity contribution in [3.8, 4) is 11.3 Å². The molecular weight excluding hydrogens is 447 g/mol. The van der Waals surface area contributed by atoms with E-state index in [1.54, 1.807) is 30.3 Å². The number of amides is 1. The summed E-state index contributed by atoms with van der Waals surface area (Å²) in [6.07, 6.45) is 2.52. The minimum atomic E-state index is -3.44. The van der Waals surface area contributed by atoms with Gasteiger partial charge < -0.3 is 5.32 Å². The average Bonchev–Trinajstić information content (AvgIpc) is 2.68. The van der Waals surface area contributed by atoms with Crippen molar-refractivity contribution in [3.63, 3.8) is 0 Å². The zero-order valence-corrected chi connectivity index (χ0v) is 18.3. The van der Waals surface area contributed by atoms with Crippen molar-refractivity contribution < 1.29 is 18.0 Å². The zero-order valence-electron chi connectivity index (χ0n) is 15.9. The maximum Gasteiger partial charge on any atom is 0.257 e. The number of halogens is 2. The summed E-state index contributed by atoms with van der Waals surface area (Å²) in [6.45, 7) is 1.45. The van der Waals surface area contributed by atoms with Gasteiger partial charge in [-0.3, -0.25) is 14.6 Å². The molecule has 0 atom stereocenters. The van der Waals surface area contributed by atoms with Crippen LogP contribution in [0.15, 0.2) is 59.6 Å². The van der Waals surface area contributed by atoms with Crippen molar-refractivity contribution in [2.75, 3.05) is 11.6 Å². The van der Waals surface area contributed by atoms with E-state index in [-0.39, 0.29) is 21.3 Å². The van der Waals surface area contributed by atoms with Crippen LogP contribution in [-0.4, -0.2) is 31.3 Å². The number of pyridine rings is 1. The minimum Gasteiger partial charge on any atom is -0.322 e. The van der Waals surface area contributed by atoms with Crippen LogP contribution in [-0.2, 0) is 9.84 Å². The monoisotopic (exact) mass is 462 g/mol. The Morgan fingerprint density at radius 2 is 1.70 bits per heavy atom. The van der Waals surface area contributed by atoms with Gasteiger partial charge in [-0.05, 0) is 55.5 Å². The van der Waals surface area contributed by atoms with Gasteiger partial charge in [-0.1, -0.05) is 23.2 Å². The molecule has 0 unspecified atom stereocenters. The van der Waals surface area contributed by atoms with Crippen molar-refractivity contribution in [2.45, 2.75) is 11.8 Å². The summed E-state index contributed by atoms with van der Waals surface area (Å²) in [7, 11) is -3.44. The second kappa shape index (κ2) is 8.55. The summed E-state index contributed by atoms with van der Waals surface area (Å²) in [6, 6.07) is 12.1. The number of aromatic nitrogens is 1. The third kappa shape index (κ3) is 4.87. The number of nitrogens with zero attached hydrogens (tertiary/aromatic N) is 1. The molecule has 6 nitrogen and oxygen atoms in total. The highest BCUT2D eigenvalue weighted by Gasteiger charge is 2.16. The fourth-order valence-electron chi connectivity index (χ4n) is 2.67. The van der Waals surface area contributed by atoms with E-state index in [9.17, 15) is 18.0 Å². The van der Waals surface area contributed by atoms with Gasteiger partial charge in [0.15, 0.2) is 15.6 Å². The van der Waals surface area contributed by atoms with E-state index in [0.29, 0.717) is 27.5 Å². The topological polar surface area (TPSA) is 93.2 Å². The predicted octanol–water partition coefficient (Wildman–Crippen LogP) is 4.91. The van der Waals surface area contributed by atoms with Crippen LogP contribution in [0.3, 0.4) is 0 Å². The number of rotatable bonds is 5. The summed E-state index contributed by atoms with van der Waals surface area (Å²) in [4.78, 5) is 28.3. The van der Waals surface area contributed by atoms with E-state index < -0.39 is 15.7 Å². The third-order valence-electron chi connectivity index (χ3n) is 4.28. The molecule has 0 fully saturated rings. The lowest BCUT2D eigenvalue weighted by Crippen LogP contribution is -2.13. The van der Waals surface area contributed by atoms with Crippen molar-refractivity contribution in [1.29, 1.82) is 0 Å². The van der Waals surface area contributed by atoms with Crippen LogP contribution in [0.4, 0.5) is 5.69 Å². The van der Waals surface area contributed by atoms with E-state index >= 15 is 0 Å². The molecule has 9 heteroatoms. The molecule has 154 valence electrons. The van der Waals surface area contributed by atoms with Crippen LogP contribution in [0.25, 0.3) is 11.3 Å². The number of carbonyl (C=O) groups excluding carboxylic acids is 2. The second-order valence-electron chi connectivity index (χ2n) is 6.55. The van der Waals surface area contributed by atoms with Crippen molar-refractivity contribution in [2.24, 2.45) is 0 Å². The van der Waals surface area contributed by atoms with E-state index in [1.807, 2.05) is 0 Å². The number of anilines is 1. The van der Waals surface area contributed by atoms with E-state index in [1.165, 1.54) is 31.3 Å². The summed E-state index contributed by atoms with van der Waals surface area (Å²) in [5, 5.41) is 3.15. The van der Waals surface area contributed by atoms with E-state index in [0.717, 1.165) is 6.26 Å². The van der Waals surface area contributed by atoms with Gasteiger partial charge in [0.1, 0.15) is 0 Å². The molecule has 1 heterocycles. The highest BCUT2D eigenvalue weighted by atomic mass is 35.5. The molecule has 1 amide bonds. The second-order valence-corrected chi connectivity index (χ2v) is 9.38. The number of hydrogen-bond acceptors (Lipinski definition) is 5. The molecule has 3 rings (SSSR count). The quantitative estimate of drug-likeness (QED) is 0.543. The minimum absolute atomic E-state index is 0.0195. The Kier molecular flexibility index (Phi) is 6.26. The molecule has 2 aromatic carbocycles. The lowest BCUT2D eigenvalue weighted by molar-refractivity contribution is 0.101. The number of sulfone groups is 1. The lowest BCUT2D eigenvalue weighted by Gasteiger charge is -2.11. The van der Waals surface area contributed by atoms with Crippen LogP contribution in [0, 0.1) is 0 Å². The number of Topliss-reactive ketones (excluding diaryl/α,β-unsaturated/α-hetero) is 1. The van der Waals surface area contributed by atoms with Crippen LogP contribution < -0.4 is 5.32 Å². The lowest BCUT2D eigenvalue weighted by atomic mass is 10.1. The van der Waals surface area contributed by atoms with Gasteiger partial charge >= 0.3 is 0 Å². The Bertz CT molecular complexity index is 1260. The molecule has 0 saturated carbocycles. The molecule has 0 aliphatic carbocycles. The maximum atomic E-state index is 12.6. The molecule has 0 aliphatic heterocycles. The van der Waals surface area contributed by atoms with Gasteiger partial charge in [-0.25, -0.2) is 8.42 Å². The van der Waals surface area contributed by atoms with Gasteiger partial charge in [0.05, 0.1) is 26.2 Å². The van der Waals surface area contributed by atoms with Gasteiger partial charge in [-0.15, -0.1) is 0 Å². The molecule has 3 aromatic rings. The number of carbonyl (C=O) groups is 2. The smallest absolute Gasteiger partial charge is 0.257 e. The largest absolute Gasteiger partial charge is 0.322 e. The number of ketones is 1. The third-order valence-corrected chi connectivity index (χ3v) is 6.04. The Morgan fingerprint density at radius 3 is 2.27 bits per heavy atom. The first-order valence-electron chi connectivity index (χ1n) is 8.64. The first-order chi connectivity index (χ1) is 14.1. The molecule has 30 heavy (non-hydrogen) atoms. The molecule has 0 spiro atoms. The molecule has 1 N–H and O–H groups in total. The summed E-state index contributed by atoms with van der Waals surface area (Å²) >= 11 is 12.4. The van der Waals surface area contributed by atoms with Crippen molar-refractivity contribution in [3.05, 3.63) is 75.9 Å². The molecular formula is C21H16Cl2N2O4S. The van der Waals surface area contributed by atoms with Crippen LogP contribution >= 0.6 is 23.2 Å². The van der Waals surface area contributed by atoms with Crippen molar-refractivity contribution >= 4 is 50.4 Å². The van der Waals surface area contributed by atoms with Gasteiger partial charge in [0.2, 0.25) is 0 Å². The number of hydrogen-bond donors (Lipinski definition) is 1. The van der Waals surface area contributed by atoms with Crippen LogP contribution in [0.5, 0.6) is 0 Å². The highest BCUT2D eigenvalue weighted by molar-refractivity contribution is 7.90. The first-order valence-corrected chi connectivity index (χ1v) is 11.3. The average molecular weight is 463 g/mol. The van der Waals surface area contributed by atoms with Gasteiger partial charge in [0.25, 0.3) is 5.91 Å². The zero-order chi connectivity index (χ0) is 22.1. The summed E-state index contributed by atoms with van der Waals surface area (Å²) in [5.74, 6) is -0.604. The van der Waals surface area contributed by atoms with Gasteiger partial charge in [-0.2, -0.15) is 0 Å². The van der Waals surface area contributed by atoms with Crippen molar-refractivity contribution in [1.82, 2.24) is 4.98 Å². The maximum absolute atomic E-state index is 12.6. The first kappa shape index (κ1) is 22.0. The highest BCUT2D eigenvalue weighted by Crippen LogP contribution is 2.30. The Morgan fingerprint density at radius 1 is 0.967 bits per heavy atom. The van der Waals surface area contributed by atoms with E-state index in [4.69, 9.17) is 23.2 Å². The fourth-order valence-corrected chi connectivity index (χ4v) is 3.86.